The van der Waals surface area contributed by atoms with Crippen LogP contribution in [0.2, 0.25) is 0 Å². The van der Waals surface area contributed by atoms with Crippen LogP contribution >= 0.6 is 11.8 Å². The average molecular weight is 478 g/mol. The lowest BCUT2D eigenvalue weighted by Gasteiger charge is -2.22. The Bertz CT molecular complexity index is 1380. The van der Waals surface area contributed by atoms with Gasteiger partial charge in [0, 0.05) is 14.1 Å². The molecule has 0 aliphatic rings. The van der Waals surface area contributed by atoms with Gasteiger partial charge in [0.1, 0.15) is 11.0 Å². The van der Waals surface area contributed by atoms with Crippen molar-refractivity contribution in [2.75, 3.05) is 21.2 Å². The van der Waals surface area contributed by atoms with Crippen LogP contribution < -0.4 is 5.56 Å². The fourth-order valence-corrected chi connectivity index (χ4v) is 4.70. The zero-order valence-corrected chi connectivity index (χ0v) is 19.7. The van der Waals surface area contributed by atoms with Crippen LogP contribution in [-0.2, 0) is 16.1 Å². The average Bonchev–Trinajstić information content (AvgIpc) is 3.37. The summed E-state index contributed by atoms with van der Waals surface area (Å²) >= 11 is 1.18. The first-order valence-corrected chi connectivity index (χ1v) is 11.3. The molecule has 1 unspecified atom stereocenters. The number of hydrogen-bond acceptors (Lipinski definition) is 7. The SMILES string of the molecule is COC(=O)c1ccc2c(=O)n(Cc3ccco3)c(SC(C(=O)N(C)C)c3ccccc3)nc2c1. The van der Waals surface area contributed by atoms with Gasteiger partial charge in [-0.05, 0) is 35.9 Å². The number of nitrogens with zero attached hydrogens (tertiary/aromatic N) is 3. The van der Waals surface area contributed by atoms with Crippen LogP contribution in [0.1, 0.15) is 26.9 Å². The lowest BCUT2D eigenvalue weighted by Crippen LogP contribution is -2.28. The van der Waals surface area contributed by atoms with E-state index < -0.39 is 11.2 Å². The Kier molecular flexibility index (Phi) is 6.83. The summed E-state index contributed by atoms with van der Waals surface area (Å²) in [6.45, 7) is 0.146. The summed E-state index contributed by atoms with van der Waals surface area (Å²) in [5, 5.41) is 0.0471. The molecule has 2 heterocycles. The highest BCUT2D eigenvalue weighted by Gasteiger charge is 2.27. The van der Waals surface area contributed by atoms with Crippen molar-refractivity contribution in [3.8, 4) is 0 Å². The minimum Gasteiger partial charge on any atom is -0.467 e. The van der Waals surface area contributed by atoms with Gasteiger partial charge in [-0.1, -0.05) is 42.1 Å². The Balaban J connectivity index is 1.89. The van der Waals surface area contributed by atoms with Gasteiger partial charge in [0.15, 0.2) is 5.16 Å². The first-order valence-electron chi connectivity index (χ1n) is 10.5. The maximum absolute atomic E-state index is 13.5. The third-order valence-electron chi connectivity index (χ3n) is 5.23. The van der Waals surface area contributed by atoms with E-state index in [2.05, 4.69) is 0 Å². The topological polar surface area (TPSA) is 94.6 Å². The van der Waals surface area contributed by atoms with Gasteiger partial charge in [0.05, 0.1) is 36.4 Å². The molecular weight excluding hydrogens is 454 g/mol. The van der Waals surface area contributed by atoms with Gasteiger partial charge in [-0.25, -0.2) is 9.78 Å². The standard InChI is InChI=1S/C25H23N3O5S/c1-27(2)23(30)21(16-8-5-4-6-9-16)34-25-26-20-14-17(24(31)32-3)11-12-19(20)22(29)28(25)15-18-10-7-13-33-18/h4-14,21H,15H2,1-3H3. The van der Waals surface area contributed by atoms with Gasteiger partial charge in [-0.2, -0.15) is 0 Å². The van der Waals surface area contributed by atoms with Crippen molar-refractivity contribution in [3.63, 3.8) is 0 Å². The molecule has 2 aromatic heterocycles. The summed E-state index contributed by atoms with van der Waals surface area (Å²) in [5.74, 6) is -0.0903. The molecule has 2 aromatic carbocycles. The van der Waals surface area contributed by atoms with Crippen molar-refractivity contribution < 1.29 is 18.7 Å². The molecule has 0 aliphatic carbocycles. The molecule has 174 valence electrons. The normalized spacial score (nSPS) is 11.9. The molecule has 0 aliphatic heterocycles. The molecule has 8 nitrogen and oxygen atoms in total. The number of likely N-dealkylation sites (N-methyl/N-ethyl adjacent to an activating group) is 1. The number of esters is 1. The zero-order valence-electron chi connectivity index (χ0n) is 18.9. The van der Waals surface area contributed by atoms with Crippen molar-refractivity contribution in [2.45, 2.75) is 17.0 Å². The number of thioether (sulfide) groups is 1. The fraction of sp³-hybridized carbons (Fsp3) is 0.200. The minimum absolute atomic E-state index is 0.140. The molecule has 1 atom stereocenters. The summed E-state index contributed by atoms with van der Waals surface area (Å²) in [4.78, 5) is 44.9. The predicted molar refractivity (Wildman–Crippen MR) is 129 cm³/mol. The highest BCUT2D eigenvalue weighted by Crippen LogP contribution is 2.36. The molecule has 0 fully saturated rings. The van der Waals surface area contributed by atoms with Gasteiger partial charge in [-0.15, -0.1) is 0 Å². The first-order chi connectivity index (χ1) is 16.4. The lowest BCUT2D eigenvalue weighted by atomic mass is 10.1. The summed E-state index contributed by atoms with van der Waals surface area (Å²) < 4.78 is 11.8. The minimum atomic E-state index is -0.632. The highest BCUT2D eigenvalue weighted by molar-refractivity contribution is 8.00. The second-order valence-corrected chi connectivity index (χ2v) is 8.80. The number of carbonyl (C=O) groups excluding carboxylic acids is 2. The van der Waals surface area contributed by atoms with Crippen LogP contribution in [0.3, 0.4) is 0 Å². The van der Waals surface area contributed by atoms with E-state index in [0.717, 1.165) is 5.56 Å². The molecule has 9 heteroatoms. The van der Waals surface area contributed by atoms with E-state index in [4.69, 9.17) is 14.1 Å². The third-order valence-corrected chi connectivity index (χ3v) is 6.46. The van der Waals surface area contributed by atoms with Crippen LogP contribution in [0.4, 0.5) is 0 Å². The summed E-state index contributed by atoms with van der Waals surface area (Å²) in [6, 6.07) is 17.5. The van der Waals surface area contributed by atoms with Crippen LogP contribution in [0.15, 0.2) is 81.3 Å². The predicted octanol–water partition coefficient (Wildman–Crippen LogP) is 3.75. The molecular formula is C25H23N3O5S. The Morgan fingerprint density at radius 3 is 2.53 bits per heavy atom. The summed E-state index contributed by atoms with van der Waals surface area (Å²) in [7, 11) is 4.66. The number of rotatable bonds is 7. The lowest BCUT2D eigenvalue weighted by molar-refractivity contribution is -0.128. The van der Waals surface area contributed by atoms with Crippen LogP contribution in [0.5, 0.6) is 0 Å². The molecule has 0 bridgehead atoms. The van der Waals surface area contributed by atoms with Gasteiger partial charge in [0.25, 0.3) is 5.56 Å². The van der Waals surface area contributed by atoms with Crippen molar-refractivity contribution >= 4 is 34.5 Å². The summed E-state index contributed by atoms with van der Waals surface area (Å²) in [6.07, 6.45) is 1.53. The fourth-order valence-electron chi connectivity index (χ4n) is 3.46. The van der Waals surface area contributed by atoms with Gasteiger partial charge in [-0.3, -0.25) is 14.2 Å². The number of fused-ring (bicyclic) bond motifs is 1. The number of hydrogen-bond donors (Lipinski definition) is 0. The van der Waals surface area contributed by atoms with E-state index in [9.17, 15) is 14.4 Å². The molecule has 4 rings (SSSR count). The van der Waals surface area contributed by atoms with E-state index in [-0.39, 0.29) is 23.6 Å². The van der Waals surface area contributed by atoms with Crippen molar-refractivity contribution in [3.05, 3.63) is 94.2 Å². The Morgan fingerprint density at radius 2 is 1.88 bits per heavy atom. The molecule has 0 spiro atoms. The Hall–Kier alpha value is -3.85. The monoisotopic (exact) mass is 477 g/mol. The van der Waals surface area contributed by atoms with Crippen LogP contribution in [0, 0.1) is 0 Å². The van der Waals surface area contributed by atoms with Crippen molar-refractivity contribution in [2.24, 2.45) is 0 Å². The molecule has 4 aromatic rings. The number of ether oxygens (including phenoxy) is 1. The largest absolute Gasteiger partial charge is 0.467 e. The highest BCUT2D eigenvalue weighted by atomic mass is 32.2. The maximum Gasteiger partial charge on any atom is 0.337 e. The molecule has 0 saturated carbocycles. The van der Waals surface area contributed by atoms with Crippen molar-refractivity contribution in [1.82, 2.24) is 14.5 Å². The maximum atomic E-state index is 13.5. The first kappa shape index (κ1) is 23.3. The molecule has 34 heavy (non-hydrogen) atoms. The van der Waals surface area contributed by atoms with Gasteiger partial charge >= 0.3 is 5.97 Å². The quantitative estimate of drug-likeness (QED) is 0.227. The number of benzene rings is 2. The van der Waals surface area contributed by atoms with Crippen LogP contribution in [0.25, 0.3) is 10.9 Å². The molecule has 1 amide bonds. The summed E-state index contributed by atoms with van der Waals surface area (Å²) in [5.41, 5.74) is 1.11. The molecule has 0 saturated heterocycles. The second-order valence-electron chi connectivity index (χ2n) is 7.73. The van der Waals surface area contributed by atoms with E-state index in [1.807, 2.05) is 30.3 Å². The van der Waals surface area contributed by atoms with Gasteiger partial charge in [0.2, 0.25) is 5.91 Å². The van der Waals surface area contributed by atoms with Gasteiger partial charge < -0.3 is 14.1 Å². The number of furan rings is 1. The van der Waals surface area contributed by atoms with Crippen molar-refractivity contribution in [1.29, 1.82) is 0 Å². The van der Waals surface area contributed by atoms with E-state index in [1.165, 1.54) is 46.7 Å². The molecule has 0 N–H and O–H groups in total. The number of aromatic nitrogens is 2. The smallest absolute Gasteiger partial charge is 0.337 e. The van der Waals surface area contributed by atoms with Crippen LogP contribution in [-0.4, -0.2) is 47.5 Å². The second kappa shape index (κ2) is 9.96. The third kappa shape index (κ3) is 4.74. The number of carbonyl (C=O) groups is 2. The van der Waals surface area contributed by atoms with E-state index >= 15 is 0 Å². The van der Waals surface area contributed by atoms with E-state index in [0.29, 0.717) is 21.8 Å². The Labute approximate surface area is 200 Å². The Morgan fingerprint density at radius 1 is 1.12 bits per heavy atom. The van der Waals surface area contributed by atoms with E-state index in [1.54, 1.807) is 32.3 Å². The zero-order chi connectivity index (χ0) is 24.2. The number of amides is 1. The molecule has 0 radical (unpaired) electrons. The number of methoxy groups -OCH3 is 1.